The van der Waals surface area contributed by atoms with Gasteiger partial charge in [-0.15, -0.1) is 0 Å². The lowest BCUT2D eigenvalue weighted by molar-refractivity contribution is -0.119. The smallest absolute Gasteiger partial charge is 0.409 e. The van der Waals surface area contributed by atoms with E-state index >= 15 is 0 Å². The molecule has 0 aliphatic rings. The largest absolute Gasteiger partial charge is 0.465 e. The van der Waals surface area contributed by atoms with Crippen LogP contribution in [0.3, 0.4) is 0 Å². The molecule has 0 aliphatic carbocycles. The molecule has 0 spiro atoms. The number of rotatable bonds is 4. The van der Waals surface area contributed by atoms with E-state index in [0.29, 0.717) is 11.4 Å². The lowest BCUT2D eigenvalue weighted by Crippen LogP contribution is -2.35. The van der Waals surface area contributed by atoms with Crippen LogP contribution in [0.15, 0.2) is 24.3 Å². The standard InChI is InChI=1S/C9H12N4O3/c10-13-8(14)5-11-6-3-1-2-4-7(6)12-9(15)16/h1-4,11-12H,5,10H2,(H,13,14)(H,15,16). The molecular weight excluding hydrogens is 212 g/mol. The van der Waals surface area contributed by atoms with Gasteiger partial charge in [-0.25, -0.2) is 10.6 Å². The highest BCUT2D eigenvalue weighted by molar-refractivity contribution is 5.89. The molecule has 0 atom stereocenters. The van der Waals surface area contributed by atoms with Crippen LogP contribution in [-0.4, -0.2) is 23.7 Å². The first-order valence-corrected chi connectivity index (χ1v) is 4.45. The van der Waals surface area contributed by atoms with Crippen LogP contribution in [0, 0.1) is 0 Å². The van der Waals surface area contributed by atoms with Gasteiger partial charge in [-0.2, -0.15) is 0 Å². The fraction of sp³-hybridized carbons (Fsp3) is 0.111. The van der Waals surface area contributed by atoms with E-state index in [0.717, 1.165) is 0 Å². The van der Waals surface area contributed by atoms with Crippen molar-refractivity contribution >= 4 is 23.4 Å². The molecule has 1 aromatic rings. The minimum Gasteiger partial charge on any atom is -0.465 e. The summed E-state index contributed by atoms with van der Waals surface area (Å²) in [4.78, 5) is 21.4. The molecule has 0 radical (unpaired) electrons. The van der Waals surface area contributed by atoms with Gasteiger partial charge in [0.15, 0.2) is 0 Å². The number of nitrogens with one attached hydrogen (secondary N) is 3. The zero-order chi connectivity index (χ0) is 12.0. The molecule has 16 heavy (non-hydrogen) atoms. The Morgan fingerprint density at radius 1 is 1.25 bits per heavy atom. The van der Waals surface area contributed by atoms with Crippen molar-refractivity contribution in [1.29, 1.82) is 0 Å². The van der Waals surface area contributed by atoms with Crippen molar-refractivity contribution in [3.63, 3.8) is 0 Å². The van der Waals surface area contributed by atoms with E-state index in [1.165, 1.54) is 0 Å². The Morgan fingerprint density at radius 2 is 1.88 bits per heavy atom. The zero-order valence-corrected chi connectivity index (χ0v) is 8.36. The highest BCUT2D eigenvalue weighted by Gasteiger charge is 2.05. The van der Waals surface area contributed by atoms with Gasteiger partial charge in [-0.3, -0.25) is 15.5 Å². The van der Waals surface area contributed by atoms with Crippen molar-refractivity contribution in [2.75, 3.05) is 17.2 Å². The van der Waals surface area contributed by atoms with Crippen LogP contribution in [0.2, 0.25) is 0 Å². The van der Waals surface area contributed by atoms with E-state index in [-0.39, 0.29) is 6.54 Å². The summed E-state index contributed by atoms with van der Waals surface area (Å²) in [5, 5.41) is 13.5. The van der Waals surface area contributed by atoms with Gasteiger partial charge < -0.3 is 10.4 Å². The van der Waals surface area contributed by atoms with Gasteiger partial charge >= 0.3 is 6.09 Å². The first kappa shape index (κ1) is 11.8. The number of anilines is 2. The number of benzene rings is 1. The van der Waals surface area contributed by atoms with Crippen LogP contribution >= 0.6 is 0 Å². The van der Waals surface area contributed by atoms with E-state index in [2.05, 4.69) is 10.6 Å². The Kier molecular flexibility index (Phi) is 4.10. The van der Waals surface area contributed by atoms with Gasteiger partial charge in [0.1, 0.15) is 0 Å². The SMILES string of the molecule is NNC(=O)CNc1ccccc1NC(=O)O. The predicted molar refractivity (Wildman–Crippen MR) is 58.9 cm³/mol. The highest BCUT2D eigenvalue weighted by Crippen LogP contribution is 2.20. The average Bonchev–Trinajstić information content (AvgIpc) is 2.26. The van der Waals surface area contributed by atoms with Crippen LogP contribution in [0.1, 0.15) is 0 Å². The Bertz CT molecular complexity index is 394. The molecular formula is C9H12N4O3. The molecule has 6 N–H and O–H groups in total. The summed E-state index contributed by atoms with van der Waals surface area (Å²) in [5.74, 6) is 4.51. The number of amides is 2. The van der Waals surface area contributed by atoms with Crippen LogP contribution in [0.4, 0.5) is 16.2 Å². The molecule has 0 fully saturated rings. The molecule has 1 rings (SSSR count). The molecule has 0 bridgehead atoms. The molecule has 7 nitrogen and oxygen atoms in total. The fourth-order valence-electron chi connectivity index (χ4n) is 1.09. The third-order valence-corrected chi connectivity index (χ3v) is 1.77. The first-order chi connectivity index (χ1) is 7.63. The summed E-state index contributed by atoms with van der Waals surface area (Å²) in [6.07, 6.45) is -1.17. The minimum absolute atomic E-state index is 0.0329. The van der Waals surface area contributed by atoms with Gasteiger partial charge in [0.25, 0.3) is 5.91 Å². The van der Waals surface area contributed by atoms with Crippen molar-refractivity contribution in [2.45, 2.75) is 0 Å². The van der Waals surface area contributed by atoms with E-state index in [1.807, 2.05) is 5.43 Å². The lowest BCUT2D eigenvalue weighted by atomic mass is 10.2. The molecule has 86 valence electrons. The van der Waals surface area contributed by atoms with Crippen LogP contribution in [-0.2, 0) is 4.79 Å². The number of hydrogen-bond donors (Lipinski definition) is 5. The zero-order valence-electron chi connectivity index (χ0n) is 8.36. The number of para-hydroxylation sites is 2. The monoisotopic (exact) mass is 224 g/mol. The molecule has 0 aliphatic heterocycles. The summed E-state index contributed by atoms with van der Waals surface area (Å²) in [6.45, 7) is -0.0329. The molecule has 0 saturated heterocycles. The fourth-order valence-corrected chi connectivity index (χ4v) is 1.09. The van der Waals surface area contributed by atoms with Gasteiger partial charge in [0, 0.05) is 0 Å². The van der Waals surface area contributed by atoms with Crippen LogP contribution in [0.25, 0.3) is 0 Å². The Hall–Kier alpha value is -2.28. The first-order valence-electron chi connectivity index (χ1n) is 4.45. The van der Waals surface area contributed by atoms with Crippen molar-refractivity contribution in [2.24, 2.45) is 5.84 Å². The number of carbonyl (C=O) groups excluding carboxylic acids is 1. The molecule has 0 aromatic heterocycles. The maximum absolute atomic E-state index is 10.9. The summed E-state index contributed by atoms with van der Waals surface area (Å²) in [5.41, 5.74) is 2.84. The van der Waals surface area contributed by atoms with Gasteiger partial charge in [-0.1, -0.05) is 12.1 Å². The molecule has 7 heteroatoms. The van der Waals surface area contributed by atoms with Crippen LogP contribution < -0.4 is 21.9 Å². The third-order valence-electron chi connectivity index (χ3n) is 1.77. The number of carboxylic acid groups (broad SMARTS) is 1. The summed E-state index contributed by atoms with van der Waals surface area (Å²) < 4.78 is 0. The molecule has 2 amide bonds. The number of hydrazine groups is 1. The van der Waals surface area contributed by atoms with Gasteiger partial charge in [0.2, 0.25) is 0 Å². The summed E-state index contributed by atoms with van der Waals surface area (Å²) >= 11 is 0. The third kappa shape index (κ3) is 3.46. The molecule has 0 saturated carbocycles. The minimum atomic E-state index is -1.17. The second-order valence-electron chi connectivity index (χ2n) is 2.90. The Labute approximate surface area is 91.6 Å². The number of carbonyl (C=O) groups is 2. The topological polar surface area (TPSA) is 116 Å². The van der Waals surface area contributed by atoms with Crippen molar-refractivity contribution in [3.8, 4) is 0 Å². The van der Waals surface area contributed by atoms with Gasteiger partial charge in [-0.05, 0) is 12.1 Å². The molecule has 1 aromatic carbocycles. The second-order valence-corrected chi connectivity index (χ2v) is 2.90. The summed E-state index contributed by atoms with van der Waals surface area (Å²) in [6, 6.07) is 6.63. The van der Waals surface area contributed by atoms with E-state index in [4.69, 9.17) is 10.9 Å². The average molecular weight is 224 g/mol. The van der Waals surface area contributed by atoms with Crippen molar-refractivity contribution < 1.29 is 14.7 Å². The predicted octanol–water partition coefficient (Wildman–Crippen LogP) is 0.178. The Morgan fingerprint density at radius 3 is 2.44 bits per heavy atom. The lowest BCUT2D eigenvalue weighted by Gasteiger charge is -2.10. The number of nitrogens with two attached hydrogens (primary N) is 1. The Balaban J connectivity index is 2.70. The maximum Gasteiger partial charge on any atom is 0.409 e. The quantitative estimate of drug-likeness (QED) is 0.284. The maximum atomic E-state index is 10.9. The van der Waals surface area contributed by atoms with Gasteiger partial charge in [0.05, 0.1) is 17.9 Å². The summed E-state index contributed by atoms with van der Waals surface area (Å²) in [7, 11) is 0. The van der Waals surface area contributed by atoms with Crippen molar-refractivity contribution in [3.05, 3.63) is 24.3 Å². The second kappa shape index (κ2) is 5.56. The molecule has 0 unspecified atom stereocenters. The normalized spacial score (nSPS) is 9.31. The van der Waals surface area contributed by atoms with Crippen molar-refractivity contribution in [1.82, 2.24) is 5.43 Å². The molecule has 0 heterocycles. The highest BCUT2D eigenvalue weighted by atomic mass is 16.4. The number of hydrogen-bond acceptors (Lipinski definition) is 4. The van der Waals surface area contributed by atoms with E-state index < -0.39 is 12.0 Å². The van der Waals surface area contributed by atoms with E-state index in [9.17, 15) is 9.59 Å². The van der Waals surface area contributed by atoms with E-state index in [1.54, 1.807) is 24.3 Å². The van der Waals surface area contributed by atoms with Crippen LogP contribution in [0.5, 0.6) is 0 Å².